The summed E-state index contributed by atoms with van der Waals surface area (Å²) in [6.07, 6.45) is 0. The molecule has 1 radical (unpaired) electrons. The van der Waals surface area contributed by atoms with Gasteiger partial charge in [-0.1, -0.05) is 0 Å². The predicted octanol–water partition coefficient (Wildman–Crippen LogP) is -0.385. The van der Waals surface area contributed by atoms with E-state index in [1.165, 1.54) is 0 Å². The van der Waals surface area contributed by atoms with Crippen molar-refractivity contribution < 1.29 is 57.0 Å². The topological polar surface area (TPSA) is 199 Å². The average molecular weight is 347 g/mol. The molecule has 0 aromatic rings. The Balaban J connectivity index is -0.0000000331. The Morgan fingerprint density at radius 3 is 0.810 bits per heavy atom. The normalized spacial score (nSPS) is 6.00. The van der Waals surface area contributed by atoms with E-state index in [1.807, 2.05) is 0 Å². The smallest absolute Gasteiger partial charge is 0.676 e. The molecule has 0 fully saturated rings. The summed E-state index contributed by atoms with van der Waals surface area (Å²) < 4.78 is 0. The van der Waals surface area contributed by atoms with Crippen LogP contribution in [0.15, 0.2) is 0 Å². The van der Waals surface area contributed by atoms with E-state index >= 15 is 0 Å². The molecule has 0 aromatic carbocycles. The summed E-state index contributed by atoms with van der Waals surface area (Å²) in [4.78, 5) is 35.6. The van der Waals surface area contributed by atoms with Crippen molar-refractivity contribution in [2.45, 2.75) is 0 Å². The molecule has 21 heavy (non-hydrogen) atoms. The number of carboxylic acid groups (broad SMARTS) is 4. The van der Waals surface area contributed by atoms with Gasteiger partial charge in [0.25, 0.3) is 0 Å². The molecule has 0 aliphatic carbocycles. The van der Waals surface area contributed by atoms with E-state index in [0.29, 0.717) is 13.1 Å². The van der Waals surface area contributed by atoms with Crippen molar-refractivity contribution in [1.82, 2.24) is 0 Å². The summed E-state index contributed by atoms with van der Waals surface area (Å²) in [5.41, 5.74) is 11.2. The summed E-state index contributed by atoms with van der Waals surface area (Å²) in [5, 5.41) is 29.2. The Labute approximate surface area is 133 Å². The average Bonchev–Trinajstić information content (AvgIpc) is 2.13. The van der Waals surface area contributed by atoms with Crippen LogP contribution >= 0.6 is 0 Å². The van der Waals surface area contributed by atoms with Crippen LogP contribution in [0.4, 0.5) is 0 Å². The van der Waals surface area contributed by atoms with Gasteiger partial charge in [0, 0.05) is 0 Å². The zero-order valence-electron chi connectivity index (χ0n) is 11.2. The van der Waals surface area contributed by atoms with Gasteiger partial charge in [0.05, 0.1) is 0 Å². The Morgan fingerprint density at radius 1 is 0.762 bits per heavy atom. The molecule has 0 atom stereocenters. The standard InChI is InChI=1S/C2H7N2.4C2H3O2.Cr/c3-1-2-4;4*1-2(3)4;/h3H,1-2,4H2;4*1H2,(H,3,4);/q5*-1;+5. The fourth-order valence-electron chi connectivity index (χ4n) is 0. The van der Waals surface area contributed by atoms with Crippen LogP contribution in [0.1, 0.15) is 0 Å². The summed E-state index contributed by atoms with van der Waals surface area (Å²) >= 11 is 0. The molecular formula is C10H19CrN2O8. The number of aliphatic carboxylic acids is 4. The molecule has 123 valence electrons. The van der Waals surface area contributed by atoms with Gasteiger partial charge in [-0.3, -0.25) is 46.9 Å². The summed E-state index contributed by atoms with van der Waals surface area (Å²) in [6.45, 7) is 11.1. The number of nitrogens with two attached hydrogens (primary N) is 1. The second-order valence-corrected chi connectivity index (χ2v) is 2.11. The number of rotatable bonds is 1. The third-order valence-electron chi connectivity index (χ3n) is 0.144. The van der Waals surface area contributed by atoms with Crippen LogP contribution in [0.5, 0.6) is 0 Å². The molecule has 0 spiro atoms. The Kier molecular flexibility index (Phi) is 62.5. The molecule has 10 nitrogen and oxygen atoms in total. The second-order valence-electron chi connectivity index (χ2n) is 2.11. The summed E-state index contributed by atoms with van der Waals surface area (Å²) in [6, 6.07) is 0. The quantitative estimate of drug-likeness (QED) is 0.392. The maximum atomic E-state index is 8.89. The van der Waals surface area contributed by atoms with E-state index in [1.54, 1.807) is 0 Å². The van der Waals surface area contributed by atoms with Gasteiger partial charge in [-0.15, -0.1) is 6.54 Å². The zero-order chi connectivity index (χ0) is 17.7. The van der Waals surface area contributed by atoms with E-state index in [2.05, 4.69) is 27.7 Å². The minimum Gasteiger partial charge on any atom is -0.676 e. The molecule has 0 amide bonds. The molecule has 0 unspecified atom stereocenters. The van der Waals surface area contributed by atoms with E-state index in [0.717, 1.165) is 0 Å². The molecule has 0 bridgehead atoms. The van der Waals surface area contributed by atoms with Gasteiger partial charge in [0.15, 0.2) is 23.9 Å². The molecule has 0 aromatic heterocycles. The van der Waals surface area contributed by atoms with Crippen LogP contribution in [-0.4, -0.2) is 57.4 Å². The first kappa shape index (κ1) is 36.4. The fourth-order valence-corrected chi connectivity index (χ4v) is 0. The number of carboxylic acids is 4. The summed E-state index contributed by atoms with van der Waals surface area (Å²) in [7, 11) is 0. The molecule has 0 rings (SSSR count). The van der Waals surface area contributed by atoms with Crippen LogP contribution in [0.2, 0.25) is 0 Å². The van der Waals surface area contributed by atoms with Crippen molar-refractivity contribution in [3.05, 3.63) is 33.4 Å². The Hall–Kier alpha value is -2.19. The SMILES string of the molecule is [CH2-]C(=O)O.[CH2-]C(=O)O.[CH2-]C(=O)O.[CH2-]C(=O)O.[Cr+5].[NH-]CCN. The van der Waals surface area contributed by atoms with Gasteiger partial charge in [0.1, 0.15) is 0 Å². The second kappa shape index (κ2) is 36.1. The van der Waals surface area contributed by atoms with Gasteiger partial charge in [-0.05, 0) is 6.54 Å². The maximum Gasteiger partial charge on any atom is 5.00 e. The number of carbonyl (C=O) groups is 4. The van der Waals surface area contributed by atoms with Crippen molar-refractivity contribution in [2.24, 2.45) is 5.73 Å². The van der Waals surface area contributed by atoms with Crippen molar-refractivity contribution in [3.63, 3.8) is 0 Å². The van der Waals surface area contributed by atoms with Gasteiger partial charge in [-0.2, -0.15) is 0 Å². The minimum atomic E-state index is -1.08. The molecule has 0 heterocycles. The van der Waals surface area contributed by atoms with Crippen LogP contribution in [0.25, 0.3) is 5.73 Å². The number of hydrogen-bond acceptors (Lipinski definition) is 5. The van der Waals surface area contributed by atoms with Gasteiger partial charge < -0.3 is 31.9 Å². The Bertz CT molecular complexity index is 195. The molecule has 0 aliphatic heterocycles. The third-order valence-corrected chi connectivity index (χ3v) is 0.144. The summed E-state index contributed by atoms with van der Waals surface area (Å²) in [5.74, 6) is -4.33. The van der Waals surface area contributed by atoms with Gasteiger partial charge in [-0.25, -0.2) is 0 Å². The molecule has 7 N–H and O–H groups in total. The van der Waals surface area contributed by atoms with E-state index in [-0.39, 0.29) is 17.4 Å². The fraction of sp³-hybridized carbons (Fsp3) is 0.200. The van der Waals surface area contributed by atoms with E-state index < -0.39 is 23.9 Å². The van der Waals surface area contributed by atoms with E-state index in [9.17, 15) is 0 Å². The van der Waals surface area contributed by atoms with E-state index in [4.69, 9.17) is 51.1 Å². The van der Waals surface area contributed by atoms with Crippen LogP contribution in [-0.2, 0) is 36.5 Å². The Morgan fingerprint density at radius 2 is 0.810 bits per heavy atom. The van der Waals surface area contributed by atoms with Crippen molar-refractivity contribution in [3.8, 4) is 0 Å². The van der Waals surface area contributed by atoms with Crippen molar-refractivity contribution >= 4 is 23.9 Å². The maximum absolute atomic E-state index is 8.89. The first-order valence-electron chi connectivity index (χ1n) is 4.39. The first-order valence-corrected chi connectivity index (χ1v) is 4.39. The van der Waals surface area contributed by atoms with Gasteiger partial charge in [0.2, 0.25) is 0 Å². The minimum absolute atomic E-state index is 0. The molecule has 0 saturated carbocycles. The first-order chi connectivity index (χ1) is 8.84. The van der Waals surface area contributed by atoms with Crippen LogP contribution < -0.4 is 5.73 Å². The largest absolute Gasteiger partial charge is 5.00 e. The van der Waals surface area contributed by atoms with Crippen molar-refractivity contribution in [1.29, 1.82) is 0 Å². The van der Waals surface area contributed by atoms with Crippen LogP contribution in [0, 0.1) is 27.7 Å². The predicted molar refractivity (Wildman–Crippen MR) is 70.2 cm³/mol. The zero-order valence-corrected chi connectivity index (χ0v) is 12.4. The van der Waals surface area contributed by atoms with Gasteiger partial charge >= 0.3 is 17.4 Å². The molecular weight excluding hydrogens is 328 g/mol. The monoisotopic (exact) mass is 347 g/mol. The molecule has 11 heteroatoms. The molecule has 0 saturated heterocycles. The number of nitrogens with one attached hydrogen (secondary N) is 1. The molecule has 0 aliphatic rings. The van der Waals surface area contributed by atoms with Crippen molar-refractivity contribution in [2.75, 3.05) is 13.1 Å². The third kappa shape index (κ3) is 3160. The number of hydrogen-bond donors (Lipinski definition) is 5. The van der Waals surface area contributed by atoms with Crippen LogP contribution in [0.3, 0.4) is 0 Å².